The number of carbonyl (C=O) groups is 1. The summed E-state index contributed by atoms with van der Waals surface area (Å²) in [6, 6.07) is 2.44. The second-order valence-corrected chi connectivity index (χ2v) is 8.40. The predicted molar refractivity (Wildman–Crippen MR) is 74.9 cm³/mol. The Balaban J connectivity index is 2.32. The summed E-state index contributed by atoms with van der Waals surface area (Å²) < 4.78 is 26.9. The molecule has 0 radical (unpaired) electrons. The molecular weight excluding hydrogens is 308 g/mol. The monoisotopic (exact) mass is 322 g/mol. The number of halogens is 1. The molecule has 0 aromatic carbocycles. The number of thiophene rings is 1. The zero-order chi connectivity index (χ0) is 14.2. The van der Waals surface area contributed by atoms with E-state index in [-0.39, 0.29) is 10.1 Å². The van der Waals surface area contributed by atoms with E-state index in [4.69, 9.17) is 11.6 Å². The summed E-state index contributed by atoms with van der Waals surface area (Å²) in [6.45, 7) is 0.377. The molecule has 8 heteroatoms. The Morgan fingerprint density at radius 2 is 2.16 bits per heavy atom. The third kappa shape index (κ3) is 2.79. The maximum Gasteiger partial charge on any atom is 0.253 e. The highest BCUT2D eigenvalue weighted by molar-refractivity contribution is 7.91. The lowest BCUT2D eigenvalue weighted by Gasteiger charge is -2.24. The van der Waals surface area contributed by atoms with Gasteiger partial charge in [-0.3, -0.25) is 4.79 Å². The van der Waals surface area contributed by atoms with Crippen LogP contribution in [-0.2, 0) is 14.8 Å². The van der Waals surface area contributed by atoms with Gasteiger partial charge in [0, 0.05) is 20.6 Å². The molecule has 1 aliphatic heterocycles. The second-order valence-electron chi connectivity index (χ2n) is 4.56. The lowest BCUT2D eigenvalue weighted by atomic mass is 10.2. The highest BCUT2D eigenvalue weighted by Gasteiger charge is 2.40. The number of sulfonamides is 1. The van der Waals surface area contributed by atoms with Gasteiger partial charge in [-0.1, -0.05) is 11.6 Å². The number of nitrogens with zero attached hydrogens (tertiary/aromatic N) is 2. The fourth-order valence-corrected chi connectivity index (χ4v) is 5.39. The minimum absolute atomic E-state index is 0.177. The third-order valence-corrected chi connectivity index (χ3v) is 6.65. The first-order valence-corrected chi connectivity index (χ1v) is 8.46. The summed E-state index contributed by atoms with van der Waals surface area (Å²) >= 11 is 6.80. The molecule has 1 saturated heterocycles. The molecule has 0 N–H and O–H groups in total. The van der Waals surface area contributed by atoms with Crippen LogP contribution in [0.15, 0.2) is 16.3 Å². The summed E-state index contributed by atoms with van der Waals surface area (Å²) in [5.74, 6) is -0.177. The SMILES string of the molecule is CN(C)C(=O)[C@@H]1CCCN1S(=O)(=O)c1ccc(Cl)s1. The minimum Gasteiger partial charge on any atom is -0.347 e. The maximum absolute atomic E-state index is 12.5. The van der Waals surface area contributed by atoms with Gasteiger partial charge in [0.05, 0.1) is 4.34 Å². The second kappa shape index (κ2) is 5.40. The summed E-state index contributed by atoms with van der Waals surface area (Å²) in [5.41, 5.74) is 0. The number of carbonyl (C=O) groups excluding carboxylic acids is 1. The molecule has 1 aliphatic rings. The summed E-state index contributed by atoms with van der Waals surface area (Å²) in [5, 5.41) is 0. The smallest absolute Gasteiger partial charge is 0.253 e. The molecule has 0 aliphatic carbocycles. The average molecular weight is 323 g/mol. The van der Waals surface area contributed by atoms with Crippen LogP contribution in [0.5, 0.6) is 0 Å². The van der Waals surface area contributed by atoms with Crippen LogP contribution in [-0.4, -0.2) is 50.2 Å². The third-order valence-electron chi connectivity index (χ3n) is 3.04. The maximum atomic E-state index is 12.5. The predicted octanol–water partition coefficient (Wildman–Crippen LogP) is 1.64. The van der Waals surface area contributed by atoms with Crippen molar-refractivity contribution in [2.45, 2.75) is 23.1 Å². The summed E-state index contributed by atoms with van der Waals surface area (Å²) in [6.07, 6.45) is 1.26. The molecule has 0 spiro atoms. The molecule has 2 rings (SSSR count). The van der Waals surface area contributed by atoms with Gasteiger partial charge < -0.3 is 4.90 Å². The van der Waals surface area contributed by atoms with Crippen LogP contribution >= 0.6 is 22.9 Å². The molecule has 106 valence electrons. The Kier molecular flexibility index (Phi) is 4.20. The van der Waals surface area contributed by atoms with Crippen LogP contribution in [0.1, 0.15) is 12.8 Å². The lowest BCUT2D eigenvalue weighted by Crippen LogP contribution is -2.45. The highest BCUT2D eigenvalue weighted by Crippen LogP contribution is 2.32. The van der Waals surface area contributed by atoms with E-state index in [2.05, 4.69) is 0 Å². The molecule has 19 heavy (non-hydrogen) atoms. The Morgan fingerprint density at radius 1 is 1.47 bits per heavy atom. The largest absolute Gasteiger partial charge is 0.347 e. The van der Waals surface area contributed by atoms with Crippen LogP contribution in [0.4, 0.5) is 0 Å². The van der Waals surface area contributed by atoms with E-state index in [1.807, 2.05) is 0 Å². The number of likely N-dealkylation sites (N-methyl/N-ethyl adjacent to an activating group) is 1. The zero-order valence-corrected chi connectivity index (χ0v) is 13.1. The molecule has 0 saturated carbocycles. The van der Waals surface area contributed by atoms with E-state index in [0.717, 1.165) is 11.3 Å². The van der Waals surface area contributed by atoms with Crippen LogP contribution in [0.3, 0.4) is 0 Å². The molecule has 0 bridgehead atoms. The Hall–Kier alpha value is -0.630. The lowest BCUT2D eigenvalue weighted by molar-refractivity contribution is -0.132. The van der Waals surface area contributed by atoms with Gasteiger partial charge in [0.2, 0.25) is 5.91 Å². The van der Waals surface area contributed by atoms with Gasteiger partial charge in [0.25, 0.3) is 10.0 Å². The van der Waals surface area contributed by atoms with E-state index < -0.39 is 16.1 Å². The Morgan fingerprint density at radius 3 is 2.68 bits per heavy atom. The zero-order valence-electron chi connectivity index (χ0n) is 10.7. The highest BCUT2D eigenvalue weighted by atomic mass is 35.5. The normalized spacial score (nSPS) is 20.7. The van der Waals surface area contributed by atoms with E-state index in [1.165, 1.54) is 15.3 Å². The first kappa shape index (κ1) is 14.8. The number of amides is 1. The van der Waals surface area contributed by atoms with Crippen molar-refractivity contribution >= 4 is 38.9 Å². The standard InChI is InChI=1S/C11H15ClN2O3S2/c1-13(2)11(15)8-4-3-7-14(8)19(16,17)10-6-5-9(12)18-10/h5-6,8H,3-4,7H2,1-2H3/t8-/m0/s1. The average Bonchev–Trinajstić information content (AvgIpc) is 2.96. The van der Waals surface area contributed by atoms with Crippen molar-refractivity contribution in [3.05, 3.63) is 16.5 Å². The minimum atomic E-state index is -3.63. The Labute approximate surface area is 121 Å². The summed E-state index contributed by atoms with van der Waals surface area (Å²) in [7, 11) is -0.361. The first-order chi connectivity index (χ1) is 8.84. The van der Waals surface area contributed by atoms with Crippen molar-refractivity contribution in [3.8, 4) is 0 Å². The van der Waals surface area contributed by atoms with Gasteiger partial charge in [0.15, 0.2) is 0 Å². The van der Waals surface area contributed by atoms with Crippen molar-refractivity contribution < 1.29 is 13.2 Å². The number of hydrogen-bond acceptors (Lipinski definition) is 4. The molecule has 1 fully saturated rings. The quantitative estimate of drug-likeness (QED) is 0.850. The fourth-order valence-electron chi connectivity index (χ4n) is 2.12. The van der Waals surface area contributed by atoms with Crippen molar-refractivity contribution in [2.24, 2.45) is 0 Å². The van der Waals surface area contributed by atoms with Crippen LogP contribution < -0.4 is 0 Å². The first-order valence-electron chi connectivity index (χ1n) is 5.82. The number of hydrogen-bond donors (Lipinski definition) is 0. The molecule has 1 aromatic rings. The molecule has 1 atom stereocenters. The number of rotatable bonds is 3. The molecule has 0 unspecified atom stereocenters. The molecule has 2 heterocycles. The van der Waals surface area contributed by atoms with Crippen LogP contribution in [0.25, 0.3) is 0 Å². The van der Waals surface area contributed by atoms with Gasteiger partial charge in [0.1, 0.15) is 10.3 Å². The van der Waals surface area contributed by atoms with Crippen molar-refractivity contribution in [3.63, 3.8) is 0 Å². The van der Waals surface area contributed by atoms with Gasteiger partial charge in [-0.25, -0.2) is 8.42 Å². The molecular formula is C11H15ClN2O3S2. The van der Waals surface area contributed by atoms with E-state index in [9.17, 15) is 13.2 Å². The van der Waals surface area contributed by atoms with Gasteiger partial charge in [-0.2, -0.15) is 4.31 Å². The van der Waals surface area contributed by atoms with Crippen molar-refractivity contribution in [1.29, 1.82) is 0 Å². The van der Waals surface area contributed by atoms with Gasteiger partial charge in [-0.05, 0) is 25.0 Å². The fraction of sp³-hybridized carbons (Fsp3) is 0.545. The van der Waals surface area contributed by atoms with E-state index in [1.54, 1.807) is 20.2 Å². The van der Waals surface area contributed by atoms with E-state index in [0.29, 0.717) is 23.7 Å². The molecule has 5 nitrogen and oxygen atoms in total. The van der Waals surface area contributed by atoms with Gasteiger partial charge >= 0.3 is 0 Å². The van der Waals surface area contributed by atoms with E-state index >= 15 is 0 Å². The molecule has 1 amide bonds. The van der Waals surface area contributed by atoms with Gasteiger partial charge in [-0.15, -0.1) is 11.3 Å². The topological polar surface area (TPSA) is 57.7 Å². The summed E-state index contributed by atoms with van der Waals surface area (Å²) in [4.78, 5) is 13.5. The van der Waals surface area contributed by atoms with Crippen molar-refractivity contribution in [2.75, 3.05) is 20.6 Å². The van der Waals surface area contributed by atoms with Crippen LogP contribution in [0.2, 0.25) is 4.34 Å². The molecule has 1 aromatic heterocycles. The van der Waals surface area contributed by atoms with Crippen LogP contribution in [0, 0.1) is 0 Å². The Bertz CT molecular complexity index is 583. The van der Waals surface area contributed by atoms with Crippen molar-refractivity contribution in [1.82, 2.24) is 9.21 Å².